The molecule has 2 unspecified atom stereocenters. The Bertz CT molecular complexity index is 206. The minimum absolute atomic E-state index is 0.557. The van der Waals surface area contributed by atoms with Crippen LogP contribution in [0.4, 0.5) is 0 Å². The van der Waals surface area contributed by atoms with E-state index in [9.17, 15) is 0 Å². The average Bonchev–Trinajstić information content (AvgIpc) is 2.50. The van der Waals surface area contributed by atoms with Gasteiger partial charge in [-0.15, -0.1) is 0 Å². The van der Waals surface area contributed by atoms with E-state index >= 15 is 0 Å². The second kappa shape index (κ2) is 7.34. The first-order chi connectivity index (χ1) is 8.06. The van der Waals surface area contributed by atoms with Crippen LogP contribution in [0.5, 0.6) is 0 Å². The second-order valence-corrected chi connectivity index (χ2v) is 5.92. The monoisotopic (exact) mass is 242 g/mol. The lowest BCUT2D eigenvalue weighted by Gasteiger charge is -2.35. The van der Waals surface area contributed by atoms with Crippen LogP contribution in [0.15, 0.2) is 0 Å². The van der Waals surface area contributed by atoms with Crippen LogP contribution in [-0.2, 0) is 4.74 Å². The molecule has 1 saturated heterocycles. The van der Waals surface area contributed by atoms with E-state index in [0.29, 0.717) is 23.9 Å². The Morgan fingerprint density at radius 2 is 2.00 bits per heavy atom. The molecule has 1 aliphatic rings. The number of hydrogen-bond acceptors (Lipinski definition) is 3. The fourth-order valence-corrected chi connectivity index (χ4v) is 2.62. The maximum absolute atomic E-state index is 5.39. The van der Waals surface area contributed by atoms with Crippen LogP contribution in [-0.4, -0.2) is 50.3 Å². The van der Waals surface area contributed by atoms with Gasteiger partial charge < -0.3 is 10.1 Å². The van der Waals surface area contributed by atoms with Crippen LogP contribution in [0.1, 0.15) is 34.1 Å². The van der Waals surface area contributed by atoms with Crippen molar-refractivity contribution in [2.45, 2.75) is 46.2 Å². The highest BCUT2D eigenvalue weighted by Crippen LogP contribution is 2.16. The Kier molecular flexibility index (Phi) is 6.45. The first kappa shape index (κ1) is 14.9. The molecule has 0 aromatic heterocycles. The summed E-state index contributed by atoms with van der Waals surface area (Å²) in [4.78, 5) is 2.62. The number of nitrogens with one attached hydrogen (secondary N) is 1. The molecular formula is C14H30N2O. The number of ether oxygens (including phenoxy) is 1. The molecule has 0 aromatic carbocycles. The van der Waals surface area contributed by atoms with Gasteiger partial charge in [-0.3, -0.25) is 4.90 Å². The SMILES string of the molecule is COCC(C(C)C)N1CCCNC(C(C)C)C1. The van der Waals surface area contributed by atoms with E-state index in [4.69, 9.17) is 4.74 Å². The Hall–Kier alpha value is -0.120. The molecule has 0 bridgehead atoms. The predicted octanol–water partition coefficient (Wildman–Crippen LogP) is 1.98. The summed E-state index contributed by atoms with van der Waals surface area (Å²) in [5.41, 5.74) is 0. The Morgan fingerprint density at radius 3 is 2.53 bits per heavy atom. The minimum Gasteiger partial charge on any atom is -0.383 e. The lowest BCUT2D eigenvalue weighted by molar-refractivity contribution is 0.0603. The van der Waals surface area contributed by atoms with Crippen molar-refractivity contribution in [3.63, 3.8) is 0 Å². The molecule has 1 fully saturated rings. The fourth-order valence-electron chi connectivity index (χ4n) is 2.62. The van der Waals surface area contributed by atoms with Crippen molar-refractivity contribution in [3.8, 4) is 0 Å². The summed E-state index contributed by atoms with van der Waals surface area (Å²) in [6.07, 6.45) is 1.25. The van der Waals surface area contributed by atoms with Crippen LogP contribution in [0.2, 0.25) is 0 Å². The molecule has 0 aliphatic carbocycles. The predicted molar refractivity (Wildman–Crippen MR) is 73.3 cm³/mol. The third-order valence-electron chi connectivity index (χ3n) is 3.84. The Labute approximate surface area is 107 Å². The third kappa shape index (κ3) is 4.57. The summed E-state index contributed by atoms with van der Waals surface area (Å²) < 4.78 is 5.39. The second-order valence-electron chi connectivity index (χ2n) is 5.92. The van der Waals surface area contributed by atoms with E-state index in [0.717, 1.165) is 19.7 Å². The van der Waals surface area contributed by atoms with E-state index in [-0.39, 0.29) is 0 Å². The maximum Gasteiger partial charge on any atom is 0.0620 e. The van der Waals surface area contributed by atoms with Gasteiger partial charge in [0, 0.05) is 25.7 Å². The number of methoxy groups -OCH3 is 1. The zero-order chi connectivity index (χ0) is 12.8. The van der Waals surface area contributed by atoms with Gasteiger partial charge in [0.15, 0.2) is 0 Å². The molecule has 1 heterocycles. The lowest BCUT2D eigenvalue weighted by atomic mass is 10.00. The highest BCUT2D eigenvalue weighted by molar-refractivity contribution is 4.84. The fraction of sp³-hybridized carbons (Fsp3) is 1.00. The molecule has 3 heteroatoms. The average molecular weight is 242 g/mol. The van der Waals surface area contributed by atoms with Crippen molar-refractivity contribution < 1.29 is 4.74 Å². The smallest absolute Gasteiger partial charge is 0.0620 e. The molecule has 0 radical (unpaired) electrons. The molecule has 0 aromatic rings. The maximum atomic E-state index is 5.39. The van der Waals surface area contributed by atoms with Crippen molar-refractivity contribution in [1.82, 2.24) is 10.2 Å². The Balaban J connectivity index is 2.64. The van der Waals surface area contributed by atoms with E-state index in [1.165, 1.54) is 13.0 Å². The molecule has 1 rings (SSSR count). The standard InChI is InChI=1S/C14H30N2O/c1-11(2)13-9-16(8-6-7-15-13)14(10-17-5)12(3)4/h11-15H,6-10H2,1-5H3. The zero-order valence-corrected chi connectivity index (χ0v) is 12.2. The highest BCUT2D eigenvalue weighted by atomic mass is 16.5. The van der Waals surface area contributed by atoms with Crippen molar-refractivity contribution in [3.05, 3.63) is 0 Å². The van der Waals surface area contributed by atoms with Gasteiger partial charge in [0.2, 0.25) is 0 Å². The summed E-state index contributed by atoms with van der Waals surface area (Å²) in [5.74, 6) is 1.35. The minimum atomic E-state index is 0.557. The van der Waals surface area contributed by atoms with Crippen molar-refractivity contribution in [2.75, 3.05) is 33.4 Å². The first-order valence-corrected chi connectivity index (χ1v) is 7.02. The van der Waals surface area contributed by atoms with Gasteiger partial charge in [0.1, 0.15) is 0 Å². The van der Waals surface area contributed by atoms with Gasteiger partial charge in [-0.2, -0.15) is 0 Å². The van der Waals surface area contributed by atoms with E-state index in [1.807, 2.05) is 7.11 Å². The summed E-state index contributed by atoms with van der Waals surface area (Å²) in [6, 6.07) is 1.18. The molecule has 0 amide bonds. The molecule has 3 nitrogen and oxygen atoms in total. The van der Waals surface area contributed by atoms with Gasteiger partial charge >= 0.3 is 0 Å². The van der Waals surface area contributed by atoms with Crippen LogP contribution in [0, 0.1) is 11.8 Å². The largest absolute Gasteiger partial charge is 0.383 e. The number of nitrogens with zero attached hydrogens (tertiary/aromatic N) is 1. The molecular weight excluding hydrogens is 212 g/mol. The van der Waals surface area contributed by atoms with E-state index in [1.54, 1.807) is 0 Å². The summed E-state index contributed by atoms with van der Waals surface area (Å²) in [5, 5.41) is 3.66. The van der Waals surface area contributed by atoms with Crippen molar-refractivity contribution in [1.29, 1.82) is 0 Å². The van der Waals surface area contributed by atoms with Gasteiger partial charge in [0.05, 0.1) is 6.61 Å². The van der Waals surface area contributed by atoms with Crippen LogP contribution in [0.25, 0.3) is 0 Å². The van der Waals surface area contributed by atoms with Crippen molar-refractivity contribution >= 4 is 0 Å². The van der Waals surface area contributed by atoms with Gasteiger partial charge in [-0.25, -0.2) is 0 Å². The molecule has 102 valence electrons. The van der Waals surface area contributed by atoms with Crippen molar-refractivity contribution in [2.24, 2.45) is 11.8 Å². The molecule has 1 aliphatic heterocycles. The third-order valence-corrected chi connectivity index (χ3v) is 3.84. The first-order valence-electron chi connectivity index (χ1n) is 7.02. The molecule has 1 N–H and O–H groups in total. The molecule has 2 atom stereocenters. The van der Waals surface area contributed by atoms with Gasteiger partial charge in [-0.1, -0.05) is 27.7 Å². The topological polar surface area (TPSA) is 24.5 Å². The van der Waals surface area contributed by atoms with Crippen LogP contribution >= 0.6 is 0 Å². The zero-order valence-electron chi connectivity index (χ0n) is 12.2. The molecule has 17 heavy (non-hydrogen) atoms. The lowest BCUT2D eigenvalue weighted by Crippen LogP contribution is -2.48. The van der Waals surface area contributed by atoms with E-state index in [2.05, 4.69) is 37.9 Å². The number of hydrogen-bond donors (Lipinski definition) is 1. The Morgan fingerprint density at radius 1 is 1.29 bits per heavy atom. The molecule has 0 saturated carbocycles. The van der Waals surface area contributed by atoms with Crippen LogP contribution < -0.4 is 5.32 Å². The summed E-state index contributed by atoms with van der Waals surface area (Å²) in [7, 11) is 1.81. The van der Waals surface area contributed by atoms with Crippen LogP contribution in [0.3, 0.4) is 0 Å². The highest BCUT2D eigenvalue weighted by Gasteiger charge is 2.27. The van der Waals surface area contributed by atoms with Gasteiger partial charge in [0.25, 0.3) is 0 Å². The molecule has 0 spiro atoms. The number of rotatable bonds is 5. The normalized spacial score (nSPS) is 25.2. The quantitative estimate of drug-likeness (QED) is 0.798. The summed E-state index contributed by atoms with van der Waals surface area (Å²) in [6.45, 7) is 13.6. The van der Waals surface area contributed by atoms with E-state index < -0.39 is 0 Å². The van der Waals surface area contributed by atoms with Gasteiger partial charge in [-0.05, 0) is 31.3 Å². The summed E-state index contributed by atoms with van der Waals surface area (Å²) >= 11 is 0.